The molecule has 0 saturated carbocycles. The summed E-state index contributed by atoms with van der Waals surface area (Å²) < 4.78 is 5.24. The molecule has 0 radical (unpaired) electrons. The van der Waals surface area contributed by atoms with Crippen molar-refractivity contribution in [2.75, 3.05) is 5.32 Å². The zero-order chi connectivity index (χ0) is 25.5. The highest BCUT2D eigenvalue weighted by Crippen LogP contribution is 2.32. The number of amides is 1. The molecule has 0 fully saturated rings. The Bertz CT molecular complexity index is 1920. The van der Waals surface area contributed by atoms with Crippen LogP contribution in [0, 0.1) is 0 Å². The Morgan fingerprint density at radius 3 is 2.63 bits per heavy atom. The highest BCUT2D eigenvalue weighted by molar-refractivity contribution is 6.04. The summed E-state index contributed by atoms with van der Waals surface area (Å²) in [6.07, 6.45) is 11.8. The minimum Gasteiger partial charge on any atom is -0.472 e. The van der Waals surface area contributed by atoms with E-state index in [4.69, 9.17) is 9.40 Å². The van der Waals surface area contributed by atoms with Crippen LogP contribution in [0.3, 0.4) is 0 Å². The molecule has 0 spiro atoms. The maximum atomic E-state index is 12.6. The van der Waals surface area contributed by atoms with Gasteiger partial charge in [0.25, 0.3) is 5.91 Å². The second-order valence-corrected chi connectivity index (χ2v) is 8.66. The first-order chi connectivity index (χ1) is 18.7. The van der Waals surface area contributed by atoms with Crippen LogP contribution in [0.15, 0.2) is 96.5 Å². The standard InChI is InChI=1S/C28H18N8O2/c37-28(16-4-2-1-3-5-16)32-20-8-18(10-29-12-20)19-9-21-25(35-36-26(21)31-11-19)27-33-23-14-30-13-22(24(23)34-27)17-6-7-38-15-17/h1-15H,(H,32,37)(H,33,34)(H,31,35,36). The molecule has 6 aromatic heterocycles. The number of anilines is 1. The molecule has 3 N–H and O–H groups in total. The molecule has 182 valence electrons. The van der Waals surface area contributed by atoms with Crippen molar-refractivity contribution in [3.05, 3.63) is 97.6 Å². The van der Waals surface area contributed by atoms with Crippen molar-refractivity contribution in [3.8, 4) is 33.8 Å². The number of carbonyl (C=O) groups excluding carboxylic acids is 1. The molecule has 10 nitrogen and oxygen atoms in total. The van der Waals surface area contributed by atoms with Crippen molar-refractivity contribution in [2.24, 2.45) is 0 Å². The molecule has 10 heteroatoms. The quantitative estimate of drug-likeness (QED) is 0.286. The SMILES string of the molecule is O=C(Nc1cncc(-c2cnc3[nH]nc(-c4nc5c(-c6ccoc6)cncc5[nH]4)c3c2)c1)c1ccccc1. The summed E-state index contributed by atoms with van der Waals surface area (Å²) in [5.74, 6) is 0.384. The number of H-pyrrole nitrogens is 2. The number of carbonyl (C=O) groups is 1. The van der Waals surface area contributed by atoms with Gasteiger partial charge in [-0.15, -0.1) is 0 Å². The first-order valence-electron chi connectivity index (χ1n) is 11.8. The zero-order valence-electron chi connectivity index (χ0n) is 19.7. The number of imidazole rings is 1. The van der Waals surface area contributed by atoms with Crippen molar-refractivity contribution in [2.45, 2.75) is 0 Å². The highest BCUT2D eigenvalue weighted by atomic mass is 16.3. The predicted octanol–water partition coefficient (Wildman–Crippen LogP) is 5.47. The normalized spacial score (nSPS) is 11.3. The van der Waals surface area contributed by atoms with Crippen molar-refractivity contribution >= 4 is 33.7 Å². The van der Waals surface area contributed by atoms with Crippen LogP contribution in [-0.2, 0) is 0 Å². The number of hydrogen-bond acceptors (Lipinski definition) is 7. The molecule has 0 aliphatic heterocycles. The van der Waals surface area contributed by atoms with E-state index in [9.17, 15) is 4.79 Å². The van der Waals surface area contributed by atoms with Crippen molar-refractivity contribution in [1.29, 1.82) is 0 Å². The van der Waals surface area contributed by atoms with Gasteiger partial charge in [-0.05, 0) is 30.3 Å². The molecule has 1 aromatic carbocycles. The lowest BCUT2D eigenvalue weighted by Gasteiger charge is -2.07. The second kappa shape index (κ2) is 8.79. The van der Waals surface area contributed by atoms with Gasteiger partial charge in [0.15, 0.2) is 11.5 Å². The number of fused-ring (bicyclic) bond motifs is 2. The number of pyridine rings is 3. The fraction of sp³-hybridized carbons (Fsp3) is 0. The van der Waals surface area contributed by atoms with Crippen LogP contribution >= 0.6 is 0 Å². The van der Waals surface area contributed by atoms with Crippen LogP contribution < -0.4 is 5.32 Å². The number of nitrogens with one attached hydrogen (secondary N) is 3. The largest absolute Gasteiger partial charge is 0.472 e. The van der Waals surface area contributed by atoms with E-state index in [0.29, 0.717) is 28.4 Å². The molecule has 1 amide bonds. The van der Waals surface area contributed by atoms with Crippen LogP contribution in [-0.4, -0.2) is 41.0 Å². The predicted molar refractivity (Wildman–Crippen MR) is 142 cm³/mol. The lowest BCUT2D eigenvalue weighted by molar-refractivity contribution is 0.102. The number of furan rings is 1. The third-order valence-corrected chi connectivity index (χ3v) is 6.23. The summed E-state index contributed by atoms with van der Waals surface area (Å²) in [5.41, 5.74) is 7.33. The summed E-state index contributed by atoms with van der Waals surface area (Å²) in [6.45, 7) is 0. The molecule has 0 atom stereocenters. The van der Waals surface area contributed by atoms with E-state index < -0.39 is 0 Å². The first-order valence-corrected chi connectivity index (χ1v) is 11.8. The molecule has 0 unspecified atom stereocenters. The third-order valence-electron chi connectivity index (χ3n) is 6.23. The second-order valence-electron chi connectivity index (χ2n) is 8.66. The molecular weight excluding hydrogens is 480 g/mol. The van der Waals surface area contributed by atoms with Crippen molar-refractivity contribution < 1.29 is 9.21 Å². The van der Waals surface area contributed by atoms with Gasteiger partial charge < -0.3 is 14.7 Å². The lowest BCUT2D eigenvalue weighted by atomic mass is 10.1. The average molecular weight is 499 g/mol. The Morgan fingerprint density at radius 2 is 1.76 bits per heavy atom. The van der Waals surface area contributed by atoms with E-state index in [2.05, 4.69) is 35.5 Å². The van der Waals surface area contributed by atoms with E-state index in [0.717, 1.165) is 38.7 Å². The summed E-state index contributed by atoms with van der Waals surface area (Å²) in [6, 6.07) is 14.7. The Hall–Kier alpha value is -5.64. The van der Waals surface area contributed by atoms with Crippen LogP contribution in [0.5, 0.6) is 0 Å². The van der Waals surface area contributed by atoms with Gasteiger partial charge in [-0.3, -0.25) is 19.9 Å². The van der Waals surface area contributed by atoms with Crippen LogP contribution in [0.4, 0.5) is 5.69 Å². The number of benzene rings is 1. The Kier molecular flexibility index (Phi) is 5.00. The fourth-order valence-corrected chi connectivity index (χ4v) is 4.37. The van der Waals surface area contributed by atoms with Crippen LogP contribution in [0.25, 0.3) is 55.8 Å². The summed E-state index contributed by atoms with van der Waals surface area (Å²) >= 11 is 0. The van der Waals surface area contributed by atoms with E-state index in [-0.39, 0.29) is 5.91 Å². The monoisotopic (exact) mass is 498 g/mol. The number of rotatable bonds is 5. The van der Waals surface area contributed by atoms with Crippen molar-refractivity contribution in [3.63, 3.8) is 0 Å². The average Bonchev–Trinajstić information content (AvgIpc) is 3.73. The molecule has 7 aromatic rings. The van der Waals surface area contributed by atoms with E-state index >= 15 is 0 Å². The molecule has 0 aliphatic carbocycles. The molecule has 0 aliphatic rings. The van der Waals surface area contributed by atoms with Gasteiger partial charge in [-0.25, -0.2) is 9.97 Å². The molecule has 6 heterocycles. The van der Waals surface area contributed by atoms with Gasteiger partial charge >= 0.3 is 0 Å². The minimum absolute atomic E-state index is 0.204. The summed E-state index contributed by atoms with van der Waals surface area (Å²) in [5, 5.41) is 11.2. The number of hydrogen-bond donors (Lipinski definition) is 3. The van der Waals surface area contributed by atoms with Crippen molar-refractivity contribution in [1.82, 2.24) is 35.1 Å². The Balaban J connectivity index is 1.25. The van der Waals surface area contributed by atoms with Gasteiger partial charge in [0.1, 0.15) is 11.2 Å². The topological polar surface area (TPSA) is 138 Å². The van der Waals surface area contributed by atoms with Gasteiger partial charge in [0.05, 0.1) is 41.5 Å². The zero-order valence-corrected chi connectivity index (χ0v) is 19.7. The lowest BCUT2D eigenvalue weighted by Crippen LogP contribution is -2.11. The summed E-state index contributed by atoms with van der Waals surface area (Å²) in [4.78, 5) is 34.0. The van der Waals surface area contributed by atoms with E-state index in [1.54, 1.807) is 55.6 Å². The maximum Gasteiger partial charge on any atom is 0.255 e. The minimum atomic E-state index is -0.204. The van der Waals surface area contributed by atoms with Gasteiger partial charge in [0.2, 0.25) is 0 Å². The van der Waals surface area contributed by atoms with Gasteiger partial charge in [-0.2, -0.15) is 5.10 Å². The Labute approximate surface area is 214 Å². The van der Waals surface area contributed by atoms with E-state index in [1.165, 1.54) is 0 Å². The fourth-order valence-electron chi connectivity index (χ4n) is 4.37. The molecular formula is C28H18N8O2. The number of aromatic nitrogens is 7. The van der Waals surface area contributed by atoms with Crippen LogP contribution in [0.1, 0.15) is 10.4 Å². The number of nitrogens with zero attached hydrogens (tertiary/aromatic N) is 5. The maximum absolute atomic E-state index is 12.6. The van der Waals surface area contributed by atoms with E-state index in [1.807, 2.05) is 36.4 Å². The molecule has 38 heavy (non-hydrogen) atoms. The number of aromatic amines is 2. The van der Waals surface area contributed by atoms with Crippen LogP contribution in [0.2, 0.25) is 0 Å². The Morgan fingerprint density at radius 1 is 0.895 bits per heavy atom. The molecule has 7 rings (SSSR count). The third kappa shape index (κ3) is 3.77. The highest BCUT2D eigenvalue weighted by Gasteiger charge is 2.17. The first kappa shape index (κ1) is 21.6. The summed E-state index contributed by atoms with van der Waals surface area (Å²) in [7, 11) is 0. The van der Waals surface area contributed by atoms with Gasteiger partial charge in [0, 0.05) is 46.4 Å². The molecule has 0 saturated heterocycles. The smallest absolute Gasteiger partial charge is 0.255 e. The van der Waals surface area contributed by atoms with Gasteiger partial charge in [-0.1, -0.05) is 18.2 Å². The molecule has 0 bridgehead atoms.